The van der Waals surface area contributed by atoms with Crippen LogP contribution in [0, 0.1) is 6.92 Å². The summed E-state index contributed by atoms with van der Waals surface area (Å²) in [7, 11) is 0. The second-order valence-corrected chi connectivity index (χ2v) is 5.34. The van der Waals surface area contributed by atoms with E-state index in [9.17, 15) is 0 Å². The molecule has 0 bridgehead atoms. The molecule has 2 aromatic heterocycles. The third kappa shape index (κ3) is 2.63. The van der Waals surface area contributed by atoms with Gasteiger partial charge >= 0.3 is 0 Å². The van der Waals surface area contributed by atoms with E-state index in [1.165, 1.54) is 5.56 Å². The lowest BCUT2D eigenvalue weighted by Gasteiger charge is -2.06. The Morgan fingerprint density at radius 2 is 2.16 bits per heavy atom. The minimum atomic E-state index is 0.506. The van der Waals surface area contributed by atoms with E-state index in [0.29, 0.717) is 6.61 Å². The molecule has 0 unspecified atom stereocenters. The van der Waals surface area contributed by atoms with E-state index < -0.39 is 0 Å². The van der Waals surface area contributed by atoms with Crippen molar-refractivity contribution >= 4 is 21.6 Å². The van der Waals surface area contributed by atoms with Gasteiger partial charge in [-0.05, 0) is 36.8 Å². The second-order valence-electron chi connectivity index (χ2n) is 4.43. The van der Waals surface area contributed by atoms with Crippen molar-refractivity contribution in [3.05, 3.63) is 64.5 Å². The third-order valence-electron chi connectivity index (χ3n) is 2.93. The van der Waals surface area contributed by atoms with Crippen LogP contribution in [0.3, 0.4) is 0 Å². The fourth-order valence-corrected chi connectivity index (χ4v) is 2.30. The van der Waals surface area contributed by atoms with E-state index in [-0.39, 0.29) is 0 Å². The van der Waals surface area contributed by atoms with Crippen LogP contribution in [0.1, 0.15) is 11.3 Å². The summed E-state index contributed by atoms with van der Waals surface area (Å²) in [5.74, 6) is 0.882. The molecule has 0 aliphatic rings. The van der Waals surface area contributed by atoms with Crippen LogP contribution in [0.15, 0.2) is 53.3 Å². The number of ether oxygens (including phenoxy) is 1. The molecular formula is C15H13BrN2O. The van der Waals surface area contributed by atoms with E-state index in [1.54, 1.807) is 0 Å². The maximum absolute atomic E-state index is 5.80. The van der Waals surface area contributed by atoms with Gasteiger partial charge in [0.2, 0.25) is 0 Å². The van der Waals surface area contributed by atoms with Gasteiger partial charge in [0.05, 0.1) is 11.9 Å². The van der Waals surface area contributed by atoms with Crippen LogP contribution in [-0.4, -0.2) is 9.38 Å². The number of aryl methyl sites for hydroxylation is 1. The summed E-state index contributed by atoms with van der Waals surface area (Å²) in [6.45, 7) is 2.56. The lowest BCUT2D eigenvalue weighted by atomic mass is 10.2. The Labute approximate surface area is 120 Å². The van der Waals surface area contributed by atoms with E-state index in [4.69, 9.17) is 4.74 Å². The smallest absolute Gasteiger partial charge is 0.138 e. The van der Waals surface area contributed by atoms with Crippen molar-refractivity contribution in [2.75, 3.05) is 0 Å². The van der Waals surface area contributed by atoms with Crippen LogP contribution in [-0.2, 0) is 6.61 Å². The number of aromatic nitrogens is 2. The summed E-state index contributed by atoms with van der Waals surface area (Å²) >= 11 is 3.44. The number of pyridine rings is 1. The Morgan fingerprint density at radius 3 is 3.00 bits per heavy atom. The highest BCUT2D eigenvalue weighted by Gasteiger charge is 2.04. The Morgan fingerprint density at radius 1 is 1.26 bits per heavy atom. The summed E-state index contributed by atoms with van der Waals surface area (Å²) in [5, 5.41) is 0. The summed E-state index contributed by atoms with van der Waals surface area (Å²) < 4.78 is 8.85. The van der Waals surface area contributed by atoms with Gasteiger partial charge in [-0.3, -0.25) is 0 Å². The number of imidazole rings is 1. The van der Waals surface area contributed by atoms with Gasteiger partial charge in [-0.2, -0.15) is 0 Å². The summed E-state index contributed by atoms with van der Waals surface area (Å²) in [4.78, 5) is 4.36. The third-order valence-corrected chi connectivity index (χ3v) is 3.42. The maximum Gasteiger partial charge on any atom is 0.138 e. The van der Waals surface area contributed by atoms with Gasteiger partial charge in [-0.1, -0.05) is 28.1 Å². The first kappa shape index (κ1) is 12.2. The average Bonchev–Trinajstić information content (AvgIpc) is 2.78. The van der Waals surface area contributed by atoms with Crippen molar-refractivity contribution in [1.29, 1.82) is 0 Å². The number of benzene rings is 1. The van der Waals surface area contributed by atoms with Gasteiger partial charge in [-0.15, -0.1) is 0 Å². The summed E-state index contributed by atoms with van der Waals surface area (Å²) in [6, 6.07) is 12.0. The van der Waals surface area contributed by atoms with Crippen molar-refractivity contribution < 1.29 is 4.74 Å². The molecule has 0 aliphatic carbocycles. The molecule has 3 rings (SSSR count). The topological polar surface area (TPSA) is 26.5 Å². The van der Waals surface area contributed by atoms with Crippen LogP contribution in [0.25, 0.3) is 5.65 Å². The van der Waals surface area contributed by atoms with E-state index in [1.807, 2.05) is 47.1 Å². The Kier molecular flexibility index (Phi) is 3.25. The predicted octanol–water partition coefficient (Wildman–Crippen LogP) is 3.98. The molecule has 0 N–H and O–H groups in total. The Balaban J connectivity index is 1.82. The molecule has 3 aromatic rings. The average molecular weight is 317 g/mol. The molecule has 96 valence electrons. The van der Waals surface area contributed by atoms with Gasteiger partial charge in [-0.25, -0.2) is 4.98 Å². The quantitative estimate of drug-likeness (QED) is 0.730. The summed E-state index contributed by atoms with van der Waals surface area (Å²) in [5.41, 5.74) is 3.14. The van der Waals surface area contributed by atoms with Crippen LogP contribution < -0.4 is 4.74 Å². The molecule has 0 amide bonds. The van der Waals surface area contributed by atoms with Crippen LogP contribution in [0.4, 0.5) is 0 Å². The lowest BCUT2D eigenvalue weighted by Crippen LogP contribution is -1.99. The second kappa shape index (κ2) is 5.05. The molecule has 0 aliphatic heterocycles. The fraction of sp³-hybridized carbons (Fsp3) is 0.133. The first-order valence-corrected chi connectivity index (χ1v) is 6.82. The number of halogens is 1. The number of fused-ring (bicyclic) bond motifs is 1. The highest BCUT2D eigenvalue weighted by Crippen LogP contribution is 2.17. The molecule has 0 fully saturated rings. The van der Waals surface area contributed by atoms with Crippen LogP contribution >= 0.6 is 15.9 Å². The van der Waals surface area contributed by atoms with Gasteiger partial charge in [0.15, 0.2) is 0 Å². The summed E-state index contributed by atoms with van der Waals surface area (Å²) in [6.07, 6.45) is 3.83. The monoisotopic (exact) mass is 316 g/mol. The van der Waals surface area contributed by atoms with Crippen molar-refractivity contribution in [2.45, 2.75) is 13.5 Å². The van der Waals surface area contributed by atoms with Gasteiger partial charge < -0.3 is 9.14 Å². The van der Waals surface area contributed by atoms with Crippen molar-refractivity contribution in [1.82, 2.24) is 9.38 Å². The largest absolute Gasteiger partial charge is 0.487 e. The lowest BCUT2D eigenvalue weighted by molar-refractivity contribution is 0.300. The van der Waals surface area contributed by atoms with Crippen molar-refractivity contribution in [3.8, 4) is 5.75 Å². The maximum atomic E-state index is 5.80. The van der Waals surface area contributed by atoms with E-state index in [0.717, 1.165) is 21.6 Å². The van der Waals surface area contributed by atoms with Crippen molar-refractivity contribution in [3.63, 3.8) is 0 Å². The normalized spacial score (nSPS) is 10.8. The standard InChI is InChI=1S/C15H13BrN2O/c1-11-3-2-4-14(7-11)19-10-13-9-17-15-8-12(16)5-6-18(13)15/h2-9H,10H2,1H3. The Hall–Kier alpha value is -1.81. The minimum absolute atomic E-state index is 0.506. The number of hydrogen-bond acceptors (Lipinski definition) is 2. The van der Waals surface area contributed by atoms with E-state index in [2.05, 4.69) is 33.9 Å². The number of nitrogens with zero attached hydrogens (tertiary/aromatic N) is 2. The number of rotatable bonds is 3. The molecule has 0 saturated heterocycles. The van der Waals surface area contributed by atoms with Gasteiger partial charge in [0.1, 0.15) is 18.0 Å². The molecule has 19 heavy (non-hydrogen) atoms. The zero-order valence-electron chi connectivity index (χ0n) is 10.5. The molecule has 0 saturated carbocycles. The van der Waals surface area contributed by atoms with Crippen molar-refractivity contribution in [2.24, 2.45) is 0 Å². The van der Waals surface area contributed by atoms with Gasteiger partial charge in [0, 0.05) is 10.7 Å². The SMILES string of the molecule is Cc1cccc(OCc2cnc3cc(Br)ccn23)c1. The van der Waals surface area contributed by atoms with Crippen LogP contribution in [0.2, 0.25) is 0 Å². The molecule has 4 heteroatoms. The minimum Gasteiger partial charge on any atom is -0.487 e. The number of hydrogen-bond donors (Lipinski definition) is 0. The molecule has 0 spiro atoms. The fourth-order valence-electron chi connectivity index (χ4n) is 1.98. The molecule has 2 heterocycles. The molecular weight excluding hydrogens is 304 g/mol. The van der Waals surface area contributed by atoms with E-state index >= 15 is 0 Å². The highest BCUT2D eigenvalue weighted by atomic mass is 79.9. The van der Waals surface area contributed by atoms with Gasteiger partial charge in [0.25, 0.3) is 0 Å². The van der Waals surface area contributed by atoms with Crippen LogP contribution in [0.5, 0.6) is 5.75 Å². The molecule has 3 nitrogen and oxygen atoms in total. The zero-order valence-corrected chi connectivity index (χ0v) is 12.1. The Bertz CT molecular complexity index is 721. The molecule has 0 radical (unpaired) electrons. The molecule has 1 aromatic carbocycles. The first-order chi connectivity index (χ1) is 9.22. The predicted molar refractivity (Wildman–Crippen MR) is 78.4 cm³/mol. The first-order valence-electron chi connectivity index (χ1n) is 6.03. The highest BCUT2D eigenvalue weighted by molar-refractivity contribution is 9.10. The zero-order chi connectivity index (χ0) is 13.2. The molecule has 0 atom stereocenters.